The Kier molecular flexibility index (Phi) is 6.30. The summed E-state index contributed by atoms with van der Waals surface area (Å²) >= 11 is 0. The molecule has 9 heteroatoms. The standard InChI is InChI=1S/C24H24N4O5/c1-15-26-17-7-4-5-8-19(17)28(15)11-10-25-23(29)16-13-21(31-2)22(32-3)14-18(16)27-24(30)20-9-6-12-33-20/h4-9,12-14H,10-11H2,1-3H3,(H,25,29)(H,27,30). The molecule has 2 aromatic carbocycles. The van der Waals surface area contributed by atoms with Crippen LogP contribution in [0.1, 0.15) is 26.7 Å². The monoisotopic (exact) mass is 448 g/mol. The number of amides is 2. The lowest BCUT2D eigenvalue weighted by Crippen LogP contribution is -2.28. The quantitative estimate of drug-likeness (QED) is 0.426. The number of benzene rings is 2. The minimum atomic E-state index is -0.484. The molecule has 0 spiro atoms. The van der Waals surface area contributed by atoms with Gasteiger partial charge in [-0.25, -0.2) is 4.98 Å². The van der Waals surface area contributed by atoms with Crippen molar-refractivity contribution in [2.75, 3.05) is 26.1 Å². The summed E-state index contributed by atoms with van der Waals surface area (Å²) in [7, 11) is 2.96. The third-order valence-electron chi connectivity index (χ3n) is 5.23. The molecule has 0 atom stereocenters. The fourth-order valence-electron chi connectivity index (χ4n) is 3.62. The number of fused-ring (bicyclic) bond motifs is 1. The Morgan fingerprint density at radius 1 is 1.03 bits per heavy atom. The molecule has 9 nitrogen and oxygen atoms in total. The third kappa shape index (κ3) is 4.52. The molecule has 0 aliphatic carbocycles. The predicted octanol–water partition coefficient (Wildman–Crippen LogP) is 3.64. The maximum atomic E-state index is 13.1. The molecular weight excluding hydrogens is 424 g/mol. The minimum absolute atomic E-state index is 0.124. The number of carbonyl (C=O) groups is 2. The molecule has 0 unspecified atom stereocenters. The van der Waals surface area contributed by atoms with Crippen LogP contribution >= 0.6 is 0 Å². The van der Waals surface area contributed by atoms with Gasteiger partial charge in [-0.1, -0.05) is 12.1 Å². The van der Waals surface area contributed by atoms with Crippen molar-refractivity contribution in [1.82, 2.24) is 14.9 Å². The molecule has 0 radical (unpaired) electrons. The molecule has 2 heterocycles. The van der Waals surface area contributed by atoms with Crippen LogP contribution in [-0.2, 0) is 6.54 Å². The number of nitrogens with zero attached hydrogens (tertiary/aromatic N) is 2. The first-order valence-corrected chi connectivity index (χ1v) is 10.3. The van der Waals surface area contributed by atoms with Crippen molar-refractivity contribution < 1.29 is 23.5 Å². The number of hydrogen-bond donors (Lipinski definition) is 2. The minimum Gasteiger partial charge on any atom is -0.493 e. The normalized spacial score (nSPS) is 10.8. The molecule has 33 heavy (non-hydrogen) atoms. The van der Waals surface area contributed by atoms with Crippen LogP contribution in [0.4, 0.5) is 5.69 Å². The van der Waals surface area contributed by atoms with Gasteiger partial charge in [-0.05, 0) is 37.3 Å². The van der Waals surface area contributed by atoms with Crippen molar-refractivity contribution in [2.45, 2.75) is 13.5 Å². The van der Waals surface area contributed by atoms with Gasteiger partial charge in [-0.15, -0.1) is 0 Å². The fraction of sp³-hybridized carbons (Fsp3) is 0.208. The average molecular weight is 448 g/mol. The molecule has 0 aliphatic rings. The zero-order valence-electron chi connectivity index (χ0n) is 18.5. The van der Waals surface area contributed by atoms with Gasteiger partial charge in [0.1, 0.15) is 5.82 Å². The number of anilines is 1. The number of carbonyl (C=O) groups excluding carboxylic acids is 2. The summed E-state index contributed by atoms with van der Waals surface area (Å²) in [5.41, 5.74) is 2.42. The van der Waals surface area contributed by atoms with Crippen LogP contribution < -0.4 is 20.1 Å². The van der Waals surface area contributed by atoms with Crippen LogP contribution in [0.25, 0.3) is 11.0 Å². The van der Waals surface area contributed by atoms with Crippen LogP contribution in [0, 0.1) is 6.92 Å². The number of aryl methyl sites for hydroxylation is 1. The third-order valence-corrected chi connectivity index (χ3v) is 5.23. The average Bonchev–Trinajstić information content (AvgIpc) is 3.47. The molecule has 4 rings (SSSR count). The predicted molar refractivity (Wildman–Crippen MR) is 123 cm³/mol. The molecule has 4 aromatic rings. The molecule has 2 N–H and O–H groups in total. The van der Waals surface area contributed by atoms with E-state index in [2.05, 4.69) is 15.6 Å². The van der Waals surface area contributed by atoms with Gasteiger partial charge in [-0.2, -0.15) is 0 Å². The van der Waals surface area contributed by atoms with E-state index in [1.807, 2.05) is 35.8 Å². The molecule has 0 saturated carbocycles. The molecule has 0 fully saturated rings. The Bertz CT molecular complexity index is 1290. The van der Waals surface area contributed by atoms with Gasteiger partial charge in [0.25, 0.3) is 11.8 Å². The Hall–Kier alpha value is -4.27. The van der Waals surface area contributed by atoms with Crippen molar-refractivity contribution in [2.24, 2.45) is 0 Å². The molecule has 0 saturated heterocycles. The Morgan fingerprint density at radius 3 is 2.52 bits per heavy atom. The Balaban J connectivity index is 1.55. The van der Waals surface area contributed by atoms with Gasteiger partial charge in [0, 0.05) is 19.2 Å². The van der Waals surface area contributed by atoms with Crippen molar-refractivity contribution in [3.05, 3.63) is 71.9 Å². The maximum absolute atomic E-state index is 13.1. The van der Waals surface area contributed by atoms with Gasteiger partial charge in [0.05, 0.1) is 42.8 Å². The number of hydrogen-bond acceptors (Lipinski definition) is 6. The zero-order valence-corrected chi connectivity index (χ0v) is 18.5. The van der Waals surface area contributed by atoms with E-state index in [4.69, 9.17) is 13.9 Å². The lowest BCUT2D eigenvalue weighted by molar-refractivity contribution is 0.0952. The maximum Gasteiger partial charge on any atom is 0.291 e. The molecule has 2 aromatic heterocycles. The number of ether oxygens (including phenoxy) is 2. The first-order chi connectivity index (χ1) is 16.0. The summed E-state index contributed by atoms with van der Waals surface area (Å²) in [5.74, 6) is 0.885. The molecule has 170 valence electrons. The van der Waals surface area contributed by atoms with E-state index in [0.29, 0.717) is 24.6 Å². The van der Waals surface area contributed by atoms with E-state index in [0.717, 1.165) is 16.9 Å². The van der Waals surface area contributed by atoms with Gasteiger partial charge in [-0.3, -0.25) is 9.59 Å². The summed E-state index contributed by atoms with van der Waals surface area (Å²) < 4.78 is 17.9. The highest BCUT2D eigenvalue weighted by atomic mass is 16.5. The number of furan rings is 1. The van der Waals surface area contributed by atoms with E-state index in [1.54, 1.807) is 12.1 Å². The second-order valence-electron chi connectivity index (χ2n) is 7.24. The van der Waals surface area contributed by atoms with Crippen LogP contribution in [-0.4, -0.2) is 42.1 Å². The lowest BCUT2D eigenvalue weighted by atomic mass is 10.1. The second-order valence-corrected chi connectivity index (χ2v) is 7.24. The van der Waals surface area contributed by atoms with Gasteiger partial charge in [0.15, 0.2) is 17.3 Å². The van der Waals surface area contributed by atoms with E-state index in [-0.39, 0.29) is 22.9 Å². The highest BCUT2D eigenvalue weighted by Crippen LogP contribution is 2.33. The van der Waals surface area contributed by atoms with Gasteiger partial charge in [0.2, 0.25) is 0 Å². The zero-order chi connectivity index (χ0) is 23.4. The molecule has 0 bridgehead atoms. The summed E-state index contributed by atoms with van der Waals surface area (Å²) in [6, 6.07) is 14.1. The SMILES string of the molecule is COc1cc(NC(=O)c2ccco2)c(C(=O)NCCn2c(C)nc3ccccc32)cc1OC. The summed E-state index contributed by atoms with van der Waals surface area (Å²) in [5, 5.41) is 5.62. The van der Waals surface area contributed by atoms with Gasteiger partial charge >= 0.3 is 0 Å². The first-order valence-electron chi connectivity index (χ1n) is 10.3. The summed E-state index contributed by atoms with van der Waals surface area (Å²) in [4.78, 5) is 30.1. The largest absolute Gasteiger partial charge is 0.493 e. The summed E-state index contributed by atoms with van der Waals surface area (Å²) in [6.07, 6.45) is 1.40. The van der Waals surface area contributed by atoms with E-state index in [1.165, 1.54) is 32.6 Å². The van der Waals surface area contributed by atoms with Crippen LogP contribution in [0.5, 0.6) is 11.5 Å². The van der Waals surface area contributed by atoms with Crippen molar-refractivity contribution in [3.63, 3.8) is 0 Å². The Labute approximate surface area is 190 Å². The van der Waals surface area contributed by atoms with E-state index < -0.39 is 5.91 Å². The smallest absolute Gasteiger partial charge is 0.291 e. The van der Waals surface area contributed by atoms with Crippen molar-refractivity contribution in [3.8, 4) is 11.5 Å². The molecular formula is C24H24N4O5. The fourth-order valence-corrected chi connectivity index (χ4v) is 3.62. The number of rotatable bonds is 8. The number of nitrogens with one attached hydrogen (secondary N) is 2. The molecule has 2 amide bonds. The van der Waals surface area contributed by atoms with E-state index in [9.17, 15) is 9.59 Å². The van der Waals surface area contributed by atoms with Gasteiger partial charge < -0.3 is 29.1 Å². The lowest BCUT2D eigenvalue weighted by Gasteiger charge is -2.16. The topological polar surface area (TPSA) is 108 Å². The number of imidazole rings is 1. The second kappa shape index (κ2) is 9.47. The number of para-hydroxylation sites is 2. The molecule has 0 aliphatic heterocycles. The highest BCUT2D eigenvalue weighted by Gasteiger charge is 2.20. The van der Waals surface area contributed by atoms with Crippen LogP contribution in [0.3, 0.4) is 0 Å². The Morgan fingerprint density at radius 2 is 1.79 bits per heavy atom. The van der Waals surface area contributed by atoms with Crippen LogP contribution in [0.15, 0.2) is 59.2 Å². The highest BCUT2D eigenvalue weighted by molar-refractivity contribution is 6.08. The first kappa shape index (κ1) is 21.9. The van der Waals surface area contributed by atoms with E-state index >= 15 is 0 Å². The van der Waals surface area contributed by atoms with Crippen LogP contribution in [0.2, 0.25) is 0 Å². The summed E-state index contributed by atoms with van der Waals surface area (Å²) in [6.45, 7) is 2.83. The number of methoxy groups -OCH3 is 2. The number of aromatic nitrogens is 2. The van der Waals surface area contributed by atoms with Crippen molar-refractivity contribution >= 4 is 28.5 Å². The van der Waals surface area contributed by atoms with Crippen molar-refractivity contribution in [1.29, 1.82) is 0 Å².